The lowest BCUT2D eigenvalue weighted by atomic mass is 10.2. The molecule has 0 N–H and O–H groups in total. The van der Waals surface area contributed by atoms with Crippen LogP contribution in [0.25, 0.3) is 26.9 Å². The molecule has 118 valence electrons. The Morgan fingerprint density at radius 3 is 2.62 bits per heavy atom. The summed E-state index contributed by atoms with van der Waals surface area (Å²) in [4.78, 5) is 4.77. The predicted octanol–water partition coefficient (Wildman–Crippen LogP) is 2.69. The Labute approximate surface area is 140 Å². The zero-order valence-corrected chi connectivity index (χ0v) is 13.2. The molecule has 3 aromatic heterocycles. The fourth-order valence-corrected chi connectivity index (χ4v) is 3.43. The van der Waals surface area contributed by atoms with E-state index in [4.69, 9.17) is 9.47 Å². The van der Waals surface area contributed by atoms with E-state index in [1.165, 1.54) is 11.3 Å². The second kappa shape index (κ2) is 5.27. The highest BCUT2D eigenvalue weighted by Crippen LogP contribution is 2.36. The van der Waals surface area contributed by atoms with Gasteiger partial charge in [-0.05, 0) is 30.3 Å². The third kappa shape index (κ3) is 2.11. The molecule has 0 amide bonds. The number of nitrogens with zero attached hydrogens (tertiary/aromatic N) is 5. The number of pyridine rings is 1. The van der Waals surface area contributed by atoms with Gasteiger partial charge in [0.25, 0.3) is 0 Å². The van der Waals surface area contributed by atoms with Crippen molar-refractivity contribution in [1.29, 1.82) is 0 Å². The van der Waals surface area contributed by atoms with Gasteiger partial charge in [-0.3, -0.25) is 4.98 Å². The van der Waals surface area contributed by atoms with Crippen molar-refractivity contribution in [2.45, 2.75) is 0 Å². The molecule has 24 heavy (non-hydrogen) atoms. The van der Waals surface area contributed by atoms with E-state index < -0.39 is 0 Å². The van der Waals surface area contributed by atoms with Crippen LogP contribution in [0, 0.1) is 0 Å². The maximum absolute atomic E-state index is 5.64. The van der Waals surface area contributed by atoms with Crippen molar-refractivity contribution in [1.82, 2.24) is 24.8 Å². The molecule has 1 aliphatic heterocycles. The molecule has 0 bridgehead atoms. The zero-order valence-electron chi connectivity index (χ0n) is 12.4. The maximum atomic E-state index is 5.64. The van der Waals surface area contributed by atoms with Gasteiger partial charge >= 0.3 is 0 Å². The van der Waals surface area contributed by atoms with Crippen molar-refractivity contribution in [2.75, 3.05) is 13.2 Å². The zero-order chi connectivity index (χ0) is 15.9. The van der Waals surface area contributed by atoms with Crippen molar-refractivity contribution in [2.24, 2.45) is 0 Å². The van der Waals surface area contributed by atoms with Crippen LogP contribution in [0.1, 0.15) is 0 Å². The van der Waals surface area contributed by atoms with Crippen molar-refractivity contribution < 1.29 is 9.47 Å². The smallest absolute Gasteiger partial charge is 0.235 e. The molecule has 0 saturated heterocycles. The molecule has 5 rings (SSSR count). The van der Waals surface area contributed by atoms with E-state index in [1.54, 1.807) is 16.9 Å². The number of ether oxygens (including phenoxy) is 2. The summed E-state index contributed by atoms with van der Waals surface area (Å²) in [6.07, 6.45) is 3.45. The molecule has 8 heteroatoms. The van der Waals surface area contributed by atoms with E-state index in [2.05, 4.69) is 20.3 Å². The van der Waals surface area contributed by atoms with E-state index in [1.807, 2.05) is 30.3 Å². The Hall–Kier alpha value is -3.00. The Kier molecular flexibility index (Phi) is 2.95. The molecule has 0 aliphatic carbocycles. The quantitative estimate of drug-likeness (QED) is 0.560. The lowest BCUT2D eigenvalue weighted by molar-refractivity contribution is 0.171. The summed E-state index contributed by atoms with van der Waals surface area (Å²) in [5.74, 6) is 2.22. The highest BCUT2D eigenvalue weighted by Gasteiger charge is 2.17. The Bertz CT molecular complexity index is 1030. The van der Waals surface area contributed by atoms with Crippen LogP contribution in [-0.4, -0.2) is 38.0 Å². The maximum Gasteiger partial charge on any atom is 0.235 e. The summed E-state index contributed by atoms with van der Waals surface area (Å²) >= 11 is 1.48. The lowest BCUT2D eigenvalue weighted by Crippen LogP contribution is -2.15. The molecule has 1 aliphatic rings. The van der Waals surface area contributed by atoms with Gasteiger partial charge in [0.2, 0.25) is 4.96 Å². The van der Waals surface area contributed by atoms with Crippen LogP contribution in [-0.2, 0) is 0 Å². The number of benzene rings is 1. The number of hydrogen-bond acceptors (Lipinski definition) is 7. The molecule has 7 nitrogen and oxygen atoms in total. The number of aromatic nitrogens is 5. The average Bonchev–Trinajstić information content (AvgIpc) is 3.23. The minimum absolute atomic E-state index is 0.563. The van der Waals surface area contributed by atoms with E-state index in [-0.39, 0.29) is 0 Å². The van der Waals surface area contributed by atoms with Gasteiger partial charge in [0, 0.05) is 23.5 Å². The summed E-state index contributed by atoms with van der Waals surface area (Å²) in [5, 5.41) is 14.0. The lowest BCUT2D eigenvalue weighted by Gasteiger charge is -2.18. The minimum Gasteiger partial charge on any atom is -0.486 e. The molecular formula is C16H11N5O2S. The Morgan fingerprint density at radius 2 is 1.75 bits per heavy atom. The van der Waals surface area contributed by atoms with E-state index >= 15 is 0 Å². The molecule has 0 saturated carbocycles. The predicted molar refractivity (Wildman–Crippen MR) is 88.3 cm³/mol. The Morgan fingerprint density at radius 1 is 0.917 bits per heavy atom. The number of rotatable bonds is 2. The SMILES string of the molecule is c1cc(-c2nnc3sc(-c4ccc5c(c4)OCCO5)nn23)ccn1. The fraction of sp³-hybridized carbons (Fsp3) is 0.125. The van der Waals surface area contributed by atoms with Crippen LogP contribution in [0.3, 0.4) is 0 Å². The van der Waals surface area contributed by atoms with Crippen molar-refractivity contribution in [3.8, 4) is 33.5 Å². The Balaban J connectivity index is 1.60. The first-order valence-corrected chi connectivity index (χ1v) is 8.23. The monoisotopic (exact) mass is 337 g/mol. The van der Waals surface area contributed by atoms with Crippen molar-refractivity contribution in [3.63, 3.8) is 0 Å². The normalized spacial score (nSPS) is 13.3. The first kappa shape index (κ1) is 13.4. The molecule has 0 radical (unpaired) electrons. The van der Waals surface area contributed by atoms with Gasteiger partial charge in [-0.15, -0.1) is 10.2 Å². The molecule has 4 heterocycles. The van der Waals surface area contributed by atoms with Gasteiger partial charge in [-0.1, -0.05) is 11.3 Å². The van der Waals surface area contributed by atoms with E-state index in [0.29, 0.717) is 19.0 Å². The van der Waals surface area contributed by atoms with Crippen LogP contribution in [0.15, 0.2) is 42.7 Å². The topological polar surface area (TPSA) is 74.4 Å². The average molecular weight is 337 g/mol. The standard InChI is InChI=1S/C16H11N5O2S/c1-2-12-13(23-8-7-22-12)9-11(1)15-20-21-14(18-19-16(21)24-15)10-3-5-17-6-4-10/h1-6,9H,7-8H2. The highest BCUT2D eigenvalue weighted by molar-refractivity contribution is 7.19. The summed E-state index contributed by atoms with van der Waals surface area (Å²) in [7, 11) is 0. The van der Waals surface area contributed by atoms with Gasteiger partial charge in [-0.25, -0.2) is 0 Å². The molecular weight excluding hydrogens is 326 g/mol. The van der Waals surface area contributed by atoms with Gasteiger partial charge in [-0.2, -0.15) is 9.61 Å². The van der Waals surface area contributed by atoms with Gasteiger partial charge < -0.3 is 9.47 Å². The third-order valence-corrected chi connectivity index (χ3v) is 4.67. The van der Waals surface area contributed by atoms with E-state index in [0.717, 1.165) is 32.6 Å². The molecule has 0 unspecified atom stereocenters. The summed E-state index contributed by atoms with van der Waals surface area (Å²) in [5.41, 5.74) is 1.90. The van der Waals surface area contributed by atoms with Gasteiger partial charge in [0.05, 0.1) is 0 Å². The van der Waals surface area contributed by atoms with Crippen LogP contribution in [0.2, 0.25) is 0 Å². The third-order valence-electron chi connectivity index (χ3n) is 3.72. The van der Waals surface area contributed by atoms with Crippen LogP contribution in [0.4, 0.5) is 0 Å². The van der Waals surface area contributed by atoms with Crippen molar-refractivity contribution >= 4 is 16.3 Å². The molecule has 0 fully saturated rings. The second-order valence-corrected chi connectivity index (χ2v) is 6.18. The largest absolute Gasteiger partial charge is 0.486 e. The number of hydrogen-bond donors (Lipinski definition) is 0. The second-order valence-electron chi connectivity index (χ2n) is 5.22. The summed E-state index contributed by atoms with van der Waals surface area (Å²) in [6.45, 7) is 1.14. The van der Waals surface area contributed by atoms with Crippen LogP contribution >= 0.6 is 11.3 Å². The first-order chi connectivity index (χ1) is 11.9. The molecule has 1 aromatic carbocycles. The van der Waals surface area contributed by atoms with Gasteiger partial charge in [0.15, 0.2) is 17.3 Å². The van der Waals surface area contributed by atoms with Crippen molar-refractivity contribution in [3.05, 3.63) is 42.7 Å². The van der Waals surface area contributed by atoms with Crippen LogP contribution < -0.4 is 9.47 Å². The summed E-state index contributed by atoms with van der Waals surface area (Å²) in [6, 6.07) is 9.62. The minimum atomic E-state index is 0.563. The number of fused-ring (bicyclic) bond motifs is 2. The van der Waals surface area contributed by atoms with Gasteiger partial charge in [0.1, 0.15) is 18.2 Å². The summed E-state index contributed by atoms with van der Waals surface area (Å²) < 4.78 is 13.0. The first-order valence-electron chi connectivity index (χ1n) is 7.41. The molecule has 4 aromatic rings. The fourth-order valence-electron chi connectivity index (χ4n) is 2.59. The van der Waals surface area contributed by atoms with E-state index in [9.17, 15) is 0 Å². The molecule has 0 atom stereocenters. The molecule has 0 spiro atoms. The van der Waals surface area contributed by atoms with Crippen LogP contribution in [0.5, 0.6) is 11.5 Å². The highest BCUT2D eigenvalue weighted by atomic mass is 32.1.